The number of nitrogens with one attached hydrogen (secondary N) is 1. The summed E-state index contributed by atoms with van der Waals surface area (Å²) in [6.07, 6.45) is 0.586. The number of rotatable bonds is 4. The van der Waals surface area contributed by atoms with Crippen molar-refractivity contribution in [3.63, 3.8) is 0 Å². The lowest BCUT2D eigenvalue weighted by molar-refractivity contribution is 0.698. The van der Waals surface area contributed by atoms with Crippen molar-refractivity contribution in [1.29, 1.82) is 5.26 Å². The molecule has 0 unspecified atom stereocenters. The zero-order chi connectivity index (χ0) is 8.81. The third kappa shape index (κ3) is 2.65. The first kappa shape index (κ1) is 9.24. The van der Waals surface area contributed by atoms with Gasteiger partial charge >= 0.3 is 0 Å². The normalized spacial score (nSPS) is 9.67. The maximum absolute atomic E-state index is 8.29. The van der Waals surface area contributed by atoms with Crippen LogP contribution >= 0.6 is 11.3 Å². The van der Waals surface area contributed by atoms with E-state index >= 15 is 0 Å². The van der Waals surface area contributed by atoms with Gasteiger partial charge in [0.05, 0.1) is 6.07 Å². The minimum absolute atomic E-state index is 0.586. The number of thiophene rings is 1. The standard InChI is InChI=1S/C9H12N2S/c1-8-6-12-7-9(8)5-11-4-2-3-10/h6-7,11H,2,4-5H2,1H3. The molecule has 0 saturated carbocycles. The van der Waals surface area contributed by atoms with Crippen LogP contribution in [0.4, 0.5) is 0 Å². The van der Waals surface area contributed by atoms with Crippen molar-refractivity contribution in [2.45, 2.75) is 19.9 Å². The molecule has 0 aliphatic rings. The van der Waals surface area contributed by atoms with Crippen molar-refractivity contribution in [2.75, 3.05) is 6.54 Å². The molecule has 0 bridgehead atoms. The van der Waals surface area contributed by atoms with Crippen molar-refractivity contribution < 1.29 is 0 Å². The molecule has 0 fully saturated rings. The summed E-state index contributed by atoms with van der Waals surface area (Å²) in [7, 11) is 0. The molecule has 0 aliphatic heterocycles. The molecule has 1 aromatic rings. The van der Waals surface area contributed by atoms with Gasteiger partial charge in [-0.25, -0.2) is 0 Å². The third-order valence-corrected chi connectivity index (χ3v) is 2.60. The Morgan fingerprint density at radius 1 is 1.58 bits per heavy atom. The molecule has 0 aromatic carbocycles. The number of nitrogens with zero attached hydrogens (tertiary/aromatic N) is 1. The van der Waals surface area contributed by atoms with Gasteiger partial charge < -0.3 is 5.32 Å². The molecule has 0 saturated heterocycles. The summed E-state index contributed by atoms with van der Waals surface area (Å²) in [5.41, 5.74) is 2.68. The van der Waals surface area contributed by atoms with E-state index in [1.54, 1.807) is 11.3 Å². The first-order chi connectivity index (χ1) is 5.84. The van der Waals surface area contributed by atoms with Crippen LogP contribution in [0, 0.1) is 18.3 Å². The van der Waals surface area contributed by atoms with E-state index in [-0.39, 0.29) is 0 Å². The highest BCUT2D eigenvalue weighted by molar-refractivity contribution is 7.08. The topological polar surface area (TPSA) is 35.8 Å². The largest absolute Gasteiger partial charge is 0.312 e. The molecule has 0 aliphatic carbocycles. The molecule has 1 rings (SSSR count). The second-order valence-electron chi connectivity index (χ2n) is 2.66. The van der Waals surface area contributed by atoms with E-state index in [0.29, 0.717) is 6.42 Å². The van der Waals surface area contributed by atoms with Gasteiger partial charge in [0.25, 0.3) is 0 Å². The van der Waals surface area contributed by atoms with E-state index in [4.69, 9.17) is 5.26 Å². The van der Waals surface area contributed by atoms with Gasteiger partial charge in [0, 0.05) is 19.5 Å². The fourth-order valence-corrected chi connectivity index (χ4v) is 1.79. The third-order valence-electron chi connectivity index (χ3n) is 1.69. The van der Waals surface area contributed by atoms with Gasteiger partial charge in [-0.05, 0) is 28.8 Å². The molecule has 0 atom stereocenters. The predicted octanol–water partition coefficient (Wildman–Crippen LogP) is 2.06. The van der Waals surface area contributed by atoms with Crippen molar-refractivity contribution >= 4 is 11.3 Å². The summed E-state index contributed by atoms with van der Waals surface area (Å²) >= 11 is 1.72. The molecular weight excluding hydrogens is 168 g/mol. The van der Waals surface area contributed by atoms with Crippen LogP contribution in [0.5, 0.6) is 0 Å². The summed E-state index contributed by atoms with van der Waals surface area (Å²) < 4.78 is 0. The molecule has 0 spiro atoms. The average molecular weight is 180 g/mol. The molecule has 0 radical (unpaired) electrons. The Morgan fingerprint density at radius 2 is 2.42 bits per heavy atom. The van der Waals surface area contributed by atoms with Gasteiger partial charge in [0.2, 0.25) is 0 Å². The number of hydrogen-bond donors (Lipinski definition) is 1. The Balaban J connectivity index is 2.25. The lowest BCUT2D eigenvalue weighted by Gasteiger charge is -2.00. The summed E-state index contributed by atoms with van der Waals surface area (Å²) in [5.74, 6) is 0. The van der Waals surface area contributed by atoms with Crippen molar-refractivity contribution in [1.82, 2.24) is 5.32 Å². The smallest absolute Gasteiger partial charge is 0.0635 e. The fraction of sp³-hybridized carbons (Fsp3) is 0.444. The highest BCUT2D eigenvalue weighted by Crippen LogP contribution is 2.12. The monoisotopic (exact) mass is 180 g/mol. The fourth-order valence-electron chi connectivity index (χ4n) is 0.935. The highest BCUT2D eigenvalue weighted by atomic mass is 32.1. The maximum atomic E-state index is 8.29. The van der Waals surface area contributed by atoms with Crippen LogP contribution in [0.1, 0.15) is 17.5 Å². The van der Waals surface area contributed by atoms with Crippen LogP contribution in [0.25, 0.3) is 0 Å². The van der Waals surface area contributed by atoms with Crippen molar-refractivity contribution in [3.05, 3.63) is 21.9 Å². The van der Waals surface area contributed by atoms with Gasteiger partial charge in [0.1, 0.15) is 0 Å². The lowest BCUT2D eigenvalue weighted by Crippen LogP contribution is -2.14. The Bertz CT molecular complexity index is 272. The van der Waals surface area contributed by atoms with E-state index in [1.165, 1.54) is 11.1 Å². The zero-order valence-corrected chi connectivity index (χ0v) is 7.95. The summed E-state index contributed by atoms with van der Waals surface area (Å²) in [6, 6.07) is 2.10. The maximum Gasteiger partial charge on any atom is 0.0635 e. The summed E-state index contributed by atoms with van der Waals surface area (Å²) in [6.45, 7) is 3.78. The van der Waals surface area contributed by atoms with Crippen LogP contribution in [-0.2, 0) is 6.54 Å². The second kappa shape index (κ2) is 4.91. The Morgan fingerprint density at radius 3 is 3.00 bits per heavy atom. The number of hydrogen-bond acceptors (Lipinski definition) is 3. The van der Waals surface area contributed by atoms with Gasteiger partial charge in [-0.1, -0.05) is 0 Å². The Kier molecular flexibility index (Phi) is 3.78. The SMILES string of the molecule is Cc1cscc1CNCCC#N. The molecule has 12 heavy (non-hydrogen) atoms. The quantitative estimate of drug-likeness (QED) is 0.720. The molecule has 0 amide bonds. The van der Waals surface area contributed by atoms with Crippen LogP contribution in [0.15, 0.2) is 10.8 Å². The molecule has 1 N–H and O–H groups in total. The van der Waals surface area contributed by atoms with Gasteiger partial charge in [-0.15, -0.1) is 0 Å². The van der Waals surface area contributed by atoms with E-state index in [0.717, 1.165) is 13.1 Å². The predicted molar refractivity (Wildman–Crippen MR) is 51.0 cm³/mol. The molecule has 1 heterocycles. The molecular formula is C9H12N2S. The van der Waals surface area contributed by atoms with E-state index in [1.807, 2.05) is 0 Å². The molecule has 64 valence electrons. The van der Waals surface area contributed by atoms with Crippen LogP contribution in [-0.4, -0.2) is 6.54 Å². The van der Waals surface area contributed by atoms with Crippen molar-refractivity contribution in [2.24, 2.45) is 0 Å². The van der Waals surface area contributed by atoms with E-state index < -0.39 is 0 Å². The van der Waals surface area contributed by atoms with E-state index in [2.05, 4.69) is 29.1 Å². The van der Waals surface area contributed by atoms with Crippen LogP contribution in [0.3, 0.4) is 0 Å². The zero-order valence-electron chi connectivity index (χ0n) is 7.13. The first-order valence-electron chi connectivity index (χ1n) is 3.94. The average Bonchev–Trinajstić information content (AvgIpc) is 2.46. The van der Waals surface area contributed by atoms with Gasteiger partial charge in [-0.3, -0.25) is 0 Å². The summed E-state index contributed by atoms with van der Waals surface area (Å²) in [4.78, 5) is 0. The lowest BCUT2D eigenvalue weighted by atomic mass is 10.2. The second-order valence-corrected chi connectivity index (χ2v) is 3.41. The minimum Gasteiger partial charge on any atom is -0.312 e. The minimum atomic E-state index is 0.586. The Labute approximate surface area is 76.8 Å². The van der Waals surface area contributed by atoms with Gasteiger partial charge in [-0.2, -0.15) is 16.6 Å². The highest BCUT2D eigenvalue weighted by Gasteiger charge is 1.96. The summed E-state index contributed by atoms with van der Waals surface area (Å²) in [5, 5.41) is 15.8. The van der Waals surface area contributed by atoms with E-state index in [9.17, 15) is 0 Å². The van der Waals surface area contributed by atoms with Crippen LogP contribution < -0.4 is 5.32 Å². The first-order valence-corrected chi connectivity index (χ1v) is 4.88. The molecule has 2 nitrogen and oxygen atoms in total. The molecule has 1 aromatic heterocycles. The number of aryl methyl sites for hydroxylation is 1. The Hall–Kier alpha value is -0.850. The van der Waals surface area contributed by atoms with Gasteiger partial charge in [0.15, 0.2) is 0 Å². The van der Waals surface area contributed by atoms with Crippen LogP contribution in [0.2, 0.25) is 0 Å². The van der Waals surface area contributed by atoms with Crippen molar-refractivity contribution in [3.8, 4) is 6.07 Å². The molecule has 3 heteroatoms. The number of nitriles is 1.